The van der Waals surface area contributed by atoms with E-state index in [9.17, 15) is 4.79 Å². The highest BCUT2D eigenvalue weighted by atomic mass is 16.1. The molecule has 0 unspecified atom stereocenters. The van der Waals surface area contributed by atoms with Gasteiger partial charge in [-0.1, -0.05) is 56.9 Å². The predicted molar refractivity (Wildman–Crippen MR) is 75.8 cm³/mol. The maximum absolute atomic E-state index is 9.87. The fourth-order valence-corrected chi connectivity index (χ4v) is 1.72. The third-order valence-electron chi connectivity index (χ3n) is 2.69. The molecule has 0 fully saturated rings. The van der Waals surface area contributed by atoms with Gasteiger partial charge in [0.05, 0.1) is 0 Å². The van der Waals surface area contributed by atoms with Gasteiger partial charge >= 0.3 is 0 Å². The molecule has 1 nitrogen and oxygen atoms in total. The smallest absolute Gasteiger partial charge is 0.124 e. The largest absolute Gasteiger partial charge is 0.234 e. The lowest BCUT2D eigenvalue weighted by Gasteiger charge is -1.99. The number of allylic oxidation sites excluding steroid dienone is 5. The summed E-state index contributed by atoms with van der Waals surface area (Å²) >= 11 is 0. The first-order valence-electron chi connectivity index (χ1n) is 6.92. The van der Waals surface area contributed by atoms with Crippen molar-refractivity contribution in [1.29, 1.82) is 0 Å². The van der Waals surface area contributed by atoms with Crippen molar-refractivity contribution >= 4 is 5.94 Å². The summed E-state index contributed by atoms with van der Waals surface area (Å²) in [6.07, 6.45) is 21.2. The van der Waals surface area contributed by atoms with Crippen LogP contribution in [0.3, 0.4) is 0 Å². The van der Waals surface area contributed by atoms with Gasteiger partial charge in [0.25, 0.3) is 0 Å². The first-order valence-corrected chi connectivity index (χ1v) is 6.92. The molecule has 0 saturated carbocycles. The number of carbonyl (C=O) groups excluding carboxylic acids is 1. The summed E-state index contributed by atoms with van der Waals surface area (Å²) in [6, 6.07) is 0. The van der Waals surface area contributed by atoms with Gasteiger partial charge in [0, 0.05) is 6.08 Å². The summed E-state index contributed by atoms with van der Waals surface area (Å²) in [5.41, 5.74) is 0. The molecule has 0 saturated heterocycles. The SMILES string of the molecule is CCC=CCCCCCCCCC=CC=C=O. The summed E-state index contributed by atoms with van der Waals surface area (Å²) in [7, 11) is 0. The van der Waals surface area contributed by atoms with Crippen LogP contribution in [-0.2, 0) is 4.79 Å². The molecule has 0 aromatic carbocycles. The van der Waals surface area contributed by atoms with Gasteiger partial charge in [0.15, 0.2) is 0 Å². The highest BCUT2D eigenvalue weighted by molar-refractivity contribution is 5.48. The quantitative estimate of drug-likeness (QED) is 0.212. The van der Waals surface area contributed by atoms with Gasteiger partial charge in [-0.25, -0.2) is 4.79 Å². The van der Waals surface area contributed by atoms with Crippen LogP contribution >= 0.6 is 0 Å². The molecular formula is C16H26O. The molecule has 0 bridgehead atoms. The molecule has 0 amide bonds. The molecule has 0 aliphatic carbocycles. The zero-order valence-corrected chi connectivity index (χ0v) is 11.2. The Bertz CT molecular complexity index is 244. The second kappa shape index (κ2) is 14.9. The molecule has 0 N–H and O–H groups in total. The van der Waals surface area contributed by atoms with Gasteiger partial charge in [0.1, 0.15) is 5.94 Å². The van der Waals surface area contributed by atoms with E-state index in [1.165, 1.54) is 51.0 Å². The summed E-state index contributed by atoms with van der Waals surface area (Å²) in [5.74, 6) is 1.74. The molecule has 0 aliphatic heterocycles. The second-order valence-corrected chi connectivity index (χ2v) is 4.29. The first kappa shape index (κ1) is 15.9. The maximum Gasteiger partial charge on any atom is 0.124 e. The van der Waals surface area contributed by atoms with E-state index >= 15 is 0 Å². The minimum Gasteiger partial charge on any atom is -0.234 e. The number of rotatable bonds is 11. The topological polar surface area (TPSA) is 17.1 Å². The average molecular weight is 234 g/mol. The van der Waals surface area contributed by atoms with Crippen molar-refractivity contribution in [3.63, 3.8) is 0 Å². The Hall–Kier alpha value is -1.07. The fourth-order valence-electron chi connectivity index (χ4n) is 1.72. The summed E-state index contributed by atoms with van der Waals surface area (Å²) < 4.78 is 0. The molecule has 1 heteroatoms. The van der Waals surface area contributed by atoms with Crippen molar-refractivity contribution < 1.29 is 4.79 Å². The van der Waals surface area contributed by atoms with E-state index in [-0.39, 0.29) is 0 Å². The Kier molecular flexibility index (Phi) is 14.0. The molecule has 0 atom stereocenters. The van der Waals surface area contributed by atoms with Gasteiger partial charge in [-0.05, 0) is 32.1 Å². The Morgan fingerprint density at radius 3 is 2.00 bits per heavy atom. The molecule has 0 radical (unpaired) electrons. The molecular weight excluding hydrogens is 208 g/mol. The zero-order chi connectivity index (χ0) is 12.6. The van der Waals surface area contributed by atoms with Crippen LogP contribution in [0.2, 0.25) is 0 Å². The van der Waals surface area contributed by atoms with Crippen LogP contribution in [-0.4, -0.2) is 5.94 Å². The van der Waals surface area contributed by atoms with E-state index in [1.54, 1.807) is 12.0 Å². The molecule has 0 spiro atoms. The first-order chi connectivity index (χ1) is 8.41. The lowest BCUT2D eigenvalue weighted by atomic mass is 10.1. The van der Waals surface area contributed by atoms with E-state index in [0.29, 0.717) is 0 Å². The summed E-state index contributed by atoms with van der Waals surface area (Å²) in [5, 5.41) is 0. The van der Waals surface area contributed by atoms with Crippen LogP contribution < -0.4 is 0 Å². The second-order valence-electron chi connectivity index (χ2n) is 4.29. The highest BCUT2D eigenvalue weighted by Crippen LogP contribution is 2.09. The predicted octanol–water partition coefficient (Wildman–Crippen LogP) is 5.02. The van der Waals surface area contributed by atoms with Crippen molar-refractivity contribution in [3.05, 3.63) is 30.4 Å². The minimum atomic E-state index is 1.08. The fraction of sp³-hybridized carbons (Fsp3) is 0.625. The molecule has 17 heavy (non-hydrogen) atoms. The maximum atomic E-state index is 9.87. The van der Waals surface area contributed by atoms with E-state index in [4.69, 9.17) is 0 Å². The Morgan fingerprint density at radius 1 is 0.824 bits per heavy atom. The molecule has 0 aromatic rings. The summed E-state index contributed by atoms with van der Waals surface area (Å²) in [6.45, 7) is 2.18. The molecule has 0 aliphatic rings. The normalized spacial score (nSPS) is 11.1. The Morgan fingerprint density at radius 2 is 1.41 bits per heavy atom. The van der Waals surface area contributed by atoms with Gasteiger partial charge in [-0.2, -0.15) is 0 Å². The third kappa shape index (κ3) is 14.9. The number of hydrogen-bond donors (Lipinski definition) is 0. The van der Waals surface area contributed by atoms with Gasteiger partial charge in [-0.15, -0.1) is 0 Å². The molecule has 0 aromatic heterocycles. The molecule has 0 rings (SSSR count). The van der Waals surface area contributed by atoms with E-state index in [0.717, 1.165) is 12.8 Å². The van der Waals surface area contributed by atoms with Gasteiger partial charge in [0.2, 0.25) is 0 Å². The monoisotopic (exact) mass is 234 g/mol. The van der Waals surface area contributed by atoms with Crippen LogP contribution in [0.5, 0.6) is 0 Å². The summed E-state index contributed by atoms with van der Waals surface area (Å²) in [4.78, 5) is 9.87. The third-order valence-corrected chi connectivity index (χ3v) is 2.69. The van der Waals surface area contributed by atoms with E-state index < -0.39 is 0 Å². The van der Waals surface area contributed by atoms with Crippen LogP contribution in [0.25, 0.3) is 0 Å². The van der Waals surface area contributed by atoms with Crippen molar-refractivity contribution in [2.24, 2.45) is 0 Å². The molecule has 96 valence electrons. The van der Waals surface area contributed by atoms with Crippen molar-refractivity contribution in [1.82, 2.24) is 0 Å². The van der Waals surface area contributed by atoms with Crippen molar-refractivity contribution in [2.75, 3.05) is 0 Å². The van der Waals surface area contributed by atoms with Crippen molar-refractivity contribution in [2.45, 2.75) is 64.7 Å². The van der Waals surface area contributed by atoms with Crippen LogP contribution in [0.15, 0.2) is 30.4 Å². The standard InChI is InChI=1S/C16H26O/c1-2-3-4-5-6-7-8-9-10-11-12-13-14-15-16-17/h3-4,13-15H,2,5-12H2,1H3. The zero-order valence-electron chi connectivity index (χ0n) is 11.2. The van der Waals surface area contributed by atoms with Crippen LogP contribution in [0.1, 0.15) is 64.7 Å². The van der Waals surface area contributed by atoms with E-state index in [2.05, 4.69) is 19.1 Å². The van der Waals surface area contributed by atoms with Gasteiger partial charge < -0.3 is 0 Å². The highest BCUT2D eigenvalue weighted by Gasteiger charge is 1.89. The van der Waals surface area contributed by atoms with Crippen molar-refractivity contribution in [3.8, 4) is 0 Å². The van der Waals surface area contributed by atoms with Crippen LogP contribution in [0.4, 0.5) is 0 Å². The average Bonchev–Trinajstić information content (AvgIpc) is 2.35. The van der Waals surface area contributed by atoms with Crippen LogP contribution in [0, 0.1) is 0 Å². The molecule has 0 heterocycles. The Balaban J connectivity index is 3.08. The van der Waals surface area contributed by atoms with Gasteiger partial charge in [-0.3, -0.25) is 0 Å². The lowest BCUT2D eigenvalue weighted by molar-refractivity contribution is 0.569. The number of hydrogen-bond acceptors (Lipinski definition) is 1. The minimum absolute atomic E-state index is 1.08. The van der Waals surface area contributed by atoms with E-state index in [1.807, 2.05) is 6.08 Å². The number of unbranched alkanes of at least 4 members (excludes halogenated alkanes) is 7. The Labute approximate surface area is 106 Å². The lowest BCUT2D eigenvalue weighted by Crippen LogP contribution is -1.79.